The molecule has 120 valence electrons. The molecule has 0 saturated heterocycles. The van der Waals surface area contributed by atoms with Crippen molar-refractivity contribution in [2.75, 3.05) is 0 Å². The quantitative estimate of drug-likeness (QED) is 0.730. The molecule has 0 radical (unpaired) electrons. The third kappa shape index (κ3) is 2.94. The number of hydrogen-bond donors (Lipinski definition) is 1. The summed E-state index contributed by atoms with van der Waals surface area (Å²) in [5, 5.41) is 22.5. The molecule has 0 saturated carbocycles. The van der Waals surface area contributed by atoms with Gasteiger partial charge < -0.3 is 5.11 Å². The van der Waals surface area contributed by atoms with Gasteiger partial charge in [-0.15, -0.1) is 5.11 Å². The number of aromatic nitrogens is 2. The predicted molar refractivity (Wildman–Crippen MR) is 90.2 cm³/mol. The molecule has 0 atom stereocenters. The first-order chi connectivity index (χ1) is 11.6. The van der Waals surface area contributed by atoms with Crippen LogP contribution in [0.15, 0.2) is 64.8 Å². The molecule has 0 aliphatic rings. The van der Waals surface area contributed by atoms with E-state index in [2.05, 4.69) is 15.3 Å². The van der Waals surface area contributed by atoms with Crippen LogP contribution in [0.1, 0.15) is 21.7 Å². The Balaban J connectivity index is 1.97. The summed E-state index contributed by atoms with van der Waals surface area (Å²) >= 11 is 0. The zero-order valence-corrected chi connectivity index (χ0v) is 13.3. The Hall–Kier alpha value is -3.28. The van der Waals surface area contributed by atoms with Crippen molar-refractivity contribution in [1.82, 2.24) is 9.78 Å². The maximum absolute atomic E-state index is 12.6. The molecule has 0 fully saturated rings. The average Bonchev–Trinajstić information content (AvgIpc) is 2.88. The van der Waals surface area contributed by atoms with Crippen molar-refractivity contribution in [2.45, 2.75) is 13.8 Å². The normalized spacial score (nSPS) is 11.1. The molecule has 24 heavy (non-hydrogen) atoms. The van der Waals surface area contributed by atoms with Gasteiger partial charge in [-0.3, -0.25) is 4.79 Å². The second-order valence-corrected chi connectivity index (χ2v) is 5.29. The van der Waals surface area contributed by atoms with Crippen molar-refractivity contribution in [1.29, 1.82) is 0 Å². The van der Waals surface area contributed by atoms with Crippen LogP contribution in [0.25, 0.3) is 0 Å². The number of para-hydroxylation sites is 1. The van der Waals surface area contributed by atoms with E-state index < -0.39 is 5.91 Å². The van der Waals surface area contributed by atoms with Crippen LogP contribution in [0.5, 0.6) is 5.75 Å². The number of nitrogens with zero attached hydrogens (tertiary/aromatic N) is 4. The van der Waals surface area contributed by atoms with E-state index in [1.165, 1.54) is 10.7 Å². The summed E-state index contributed by atoms with van der Waals surface area (Å²) in [7, 11) is 0. The van der Waals surface area contributed by atoms with E-state index in [0.717, 1.165) is 5.69 Å². The minimum atomic E-state index is -0.408. The highest BCUT2D eigenvalue weighted by Crippen LogP contribution is 2.27. The first-order valence-corrected chi connectivity index (χ1v) is 7.43. The second-order valence-electron chi connectivity index (χ2n) is 5.29. The fraction of sp³-hybridized carbons (Fsp3) is 0.111. The summed E-state index contributed by atoms with van der Waals surface area (Å²) in [4.78, 5) is 12.6. The van der Waals surface area contributed by atoms with Gasteiger partial charge >= 0.3 is 0 Å². The van der Waals surface area contributed by atoms with Gasteiger partial charge in [0.1, 0.15) is 11.4 Å². The first kappa shape index (κ1) is 15.6. The molecule has 1 N–H and O–H groups in total. The zero-order valence-electron chi connectivity index (χ0n) is 13.3. The molecule has 1 aromatic heterocycles. The summed E-state index contributed by atoms with van der Waals surface area (Å²) in [5.41, 5.74) is 2.62. The van der Waals surface area contributed by atoms with Gasteiger partial charge in [0.2, 0.25) is 0 Å². The standard InChI is InChI=1S/C18H16N4O2/c1-12-17(20-19-14-8-4-3-5-9-14)13(2)22(21-12)18(24)15-10-6-7-11-16(15)23/h3-11,23H,1-2H3. The van der Waals surface area contributed by atoms with Crippen molar-refractivity contribution < 1.29 is 9.90 Å². The minimum absolute atomic E-state index is 0.0810. The van der Waals surface area contributed by atoms with Crippen molar-refractivity contribution in [3.63, 3.8) is 0 Å². The molecule has 3 aromatic rings. The number of hydrogen-bond acceptors (Lipinski definition) is 5. The van der Waals surface area contributed by atoms with E-state index in [1.807, 2.05) is 30.3 Å². The summed E-state index contributed by atoms with van der Waals surface area (Å²) in [5.74, 6) is -0.489. The molecule has 6 heteroatoms. The molecular formula is C18H16N4O2. The van der Waals surface area contributed by atoms with E-state index in [9.17, 15) is 9.90 Å². The Bertz CT molecular complexity index is 914. The van der Waals surface area contributed by atoms with Crippen LogP contribution < -0.4 is 0 Å². The Kier molecular flexibility index (Phi) is 4.20. The number of carbonyl (C=O) groups is 1. The van der Waals surface area contributed by atoms with E-state index >= 15 is 0 Å². The number of rotatable bonds is 3. The number of carbonyl (C=O) groups excluding carboxylic acids is 1. The molecule has 0 spiro atoms. The van der Waals surface area contributed by atoms with Gasteiger partial charge in [0.25, 0.3) is 5.91 Å². The molecule has 6 nitrogen and oxygen atoms in total. The molecule has 0 bridgehead atoms. The van der Waals surface area contributed by atoms with E-state index in [4.69, 9.17) is 0 Å². The fourth-order valence-corrected chi connectivity index (χ4v) is 2.35. The molecule has 0 amide bonds. The van der Waals surface area contributed by atoms with Crippen LogP contribution in [-0.4, -0.2) is 20.8 Å². The topological polar surface area (TPSA) is 79.8 Å². The van der Waals surface area contributed by atoms with Crippen LogP contribution in [0, 0.1) is 13.8 Å². The lowest BCUT2D eigenvalue weighted by Gasteiger charge is -2.04. The van der Waals surface area contributed by atoms with Gasteiger partial charge in [0, 0.05) is 0 Å². The third-order valence-corrected chi connectivity index (χ3v) is 3.60. The average molecular weight is 320 g/mol. The highest BCUT2D eigenvalue weighted by atomic mass is 16.3. The molecule has 2 aromatic carbocycles. The summed E-state index contributed by atoms with van der Waals surface area (Å²) in [6.45, 7) is 3.51. The monoisotopic (exact) mass is 320 g/mol. The van der Waals surface area contributed by atoms with Crippen molar-refractivity contribution in [3.05, 3.63) is 71.5 Å². The van der Waals surface area contributed by atoms with Crippen LogP contribution in [0.4, 0.5) is 11.4 Å². The van der Waals surface area contributed by atoms with Gasteiger partial charge in [0.15, 0.2) is 0 Å². The van der Waals surface area contributed by atoms with Crippen LogP contribution in [0.2, 0.25) is 0 Å². The van der Waals surface area contributed by atoms with E-state index in [-0.39, 0.29) is 11.3 Å². The zero-order chi connectivity index (χ0) is 17.1. The van der Waals surface area contributed by atoms with Crippen LogP contribution >= 0.6 is 0 Å². The Labute approximate surface area is 139 Å². The number of phenols is 1. The predicted octanol–water partition coefficient (Wildman–Crippen LogP) is 4.31. The van der Waals surface area contributed by atoms with Gasteiger partial charge in [-0.25, -0.2) is 0 Å². The molecule has 0 aliphatic carbocycles. The Morgan fingerprint density at radius 2 is 1.67 bits per heavy atom. The number of aryl methyl sites for hydroxylation is 1. The van der Waals surface area contributed by atoms with Crippen molar-refractivity contribution in [3.8, 4) is 5.75 Å². The highest BCUT2D eigenvalue weighted by Gasteiger charge is 2.20. The molecule has 1 heterocycles. The van der Waals surface area contributed by atoms with Gasteiger partial charge in [-0.2, -0.15) is 14.9 Å². The van der Waals surface area contributed by atoms with Gasteiger partial charge in [0.05, 0.1) is 22.6 Å². The minimum Gasteiger partial charge on any atom is -0.507 e. The second kappa shape index (κ2) is 6.45. The number of aromatic hydroxyl groups is 1. The smallest absolute Gasteiger partial charge is 0.282 e. The lowest BCUT2D eigenvalue weighted by Crippen LogP contribution is -2.15. The summed E-state index contributed by atoms with van der Waals surface area (Å²) < 4.78 is 1.24. The lowest BCUT2D eigenvalue weighted by molar-refractivity contribution is 0.0939. The third-order valence-electron chi connectivity index (χ3n) is 3.60. The number of phenolic OH excluding ortho intramolecular Hbond substituents is 1. The Morgan fingerprint density at radius 3 is 2.38 bits per heavy atom. The number of benzene rings is 2. The van der Waals surface area contributed by atoms with Crippen LogP contribution in [0.3, 0.4) is 0 Å². The first-order valence-electron chi connectivity index (χ1n) is 7.43. The molecule has 0 aliphatic heterocycles. The van der Waals surface area contributed by atoms with Gasteiger partial charge in [-0.05, 0) is 38.1 Å². The largest absolute Gasteiger partial charge is 0.507 e. The SMILES string of the molecule is Cc1nn(C(=O)c2ccccc2O)c(C)c1N=Nc1ccccc1. The van der Waals surface area contributed by atoms with Crippen molar-refractivity contribution in [2.24, 2.45) is 10.2 Å². The van der Waals surface area contributed by atoms with Crippen molar-refractivity contribution >= 4 is 17.3 Å². The fourth-order valence-electron chi connectivity index (χ4n) is 2.35. The summed E-state index contributed by atoms with van der Waals surface area (Å²) in [6.07, 6.45) is 0. The van der Waals surface area contributed by atoms with Gasteiger partial charge in [-0.1, -0.05) is 30.3 Å². The van der Waals surface area contributed by atoms with Crippen LogP contribution in [-0.2, 0) is 0 Å². The van der Waals surface area contributed by atoms with E-state index in [0.29, 0.717) is 17.1 Å². The van der Waals surface area contributed by atoms with E-state index in [1.54, 1.807) is 32.0 Å². The summed E-state index contributed by atoms with van der Waals surface area (Å²) in [6, 6.07) is 15.7. The highest BCUT2D eigenvalue weighted by molar-refractivity contribution is 5.98. The molecular weight excluding hydrogens is 304 g/mol. The molecule has 3 rings (SSSR count). The maximum atomic E-state index is 12.6. The maximum Gasteiger partial charge on any atom is 0.282 e. The lowest BCUT2D eigenvalue weighted by atomic mass is 10.2. The Morgan fingerprint density at radius 1 is 1.00 bits per heavy atom. The molecule has 0 unspecified atom stereocenters. The number of azo groups is 1.